The van der Waals surface area contributed by atoms with Crippen LogP contribution in [0.4, 0.5) is 5.69 Å². The molecule has 0 aliphatic rings. The van der Waals surface area contributed by atoms with Gasteiger partial charge in [0, 0.05) is 15.7 Å². The van der Waals surface area contributed by atoms with Crippen molar-refractivity contribution in [2.24, 2.45) is 0 Å². The minimum atomic E-state index is -0.592. The lowest BCUT2D eigenvalue weighted by atomic mass is 10.2. The minimum Gasteiger partial charge on any atom is -0.456 e. The smallest absolute Gasteiger partial charge is 0.306 e. The fourth-order valence-electron chi connectivity index (χ4n) is 1.97. The number of carbonyl (C=O) groups is 3. The highest BCUT2D eigenvalue weighted by atomic mass is 127. The van der Waals surface area contributed by atoms with Crippen molar-refractivity contribution in [2.75, 3.05) is 11.9 Å². The molecule has 2 rings (SSSR count). The molecular formula is C17H15ClINO4S. The summed E-state index contributed by atoms with van der Waals surface area (Å²) in [6.45, 7) is 1.50. The number of esters is 1. The molecule has 0 unspecified atom stereocenters. The average Bonchev–Trinajstić information content (AvgIpc) is 3.00. The van der Waals surface area contributed by atoms with Crippen molar-refractivity contribution in [2.45, 2.75) is 19.8 Å². The predicted molar refractivity (Wildman–Crippen MR) is 106 cm³/mol. The molecule has 132 valence electrons. The van der Waals surface area contributed by atoms with Crippen LogP contribution in [0.1, 0.15) is 28.1 Å². The summed E-state index contributed by atoms with van der Waals surface area (Å²) in [4.78, 5) is 35.9. The van der Waals surface area contributed by atoms with Gasteiger partial charge < -0.3 is 10.1 Å². The summed E-state index contributed by atoms with van der Waals surface area (Å²) in [5, 5.41) is 2.69. The number of Topliss-reactive ketones (excluding diaryl/α,β-unsaturated/α-hetero) is 1. The van der Waals surface area contributed by atoms with Gasteiger partial charge in [0.2, 0.25) is 0 Å². The summed E-state index contributed by atoms with van der Waals surface area (Å²) in [5.41, 5.74) is 1.60. The zero-order valence-electron chi connectivity index (χ0n) is 13.3. The Morgan fingerprint density at radius 3 is 2.60 bits per heavy atom. The second kappa shape index (κ2) is 9.30. The zero-order valence-corrected chi connectivity index (χ0v) is 17.0. The van der Waals surface area contributed by atoms with Crippen molar-refractivity contribution >= 4 is 68.9 Å². The monoisotopic (exact) mass is 491 g/mol. The zero-order chi connectivity index (χ0) is 18.4. The third kappa shape index (κ3) is 6.41. The molecule has 0 aliphatic carbocycles. The highest BCUT2D eigenvalue weighted by Gasteiger charge is 2.14. The fraction of sp³-hybridized carbons (Fsp3) is 0.235. The van der Waals surface area contributed by atoms with E-state index in [2.05, 4.69) is 27.9 Å². The fourth-order valence-corrected chi connectivity index (χ4v) is 3.63. The number of benzene rings is 1. The lowest BCUT2D eigenvalue weighted by Gasteiger charge is -2.09. The Balaban J connectivity index is 1.74. The maximum atomic E-state index is 11.9. The number of amides is 1. The number of carbonyl (C=O) groups excluding carboxylic acids is 3. The van der Waals surface area contributed by atoms with Crippen LogP contribution in [-0.4, -0.2) is 24.3 Å². The van der Waals surface area contributed by atoms with Gasteiger partial charge in [-0.3, -0.25) is 14.4 Å². The van der Waals surface area contributed by atoms with Crippen LogP contribution in [0.3, 0.4) is 0 Å². The third-order valence-electron chi connectivity index (χ3n) is 3.23. The first-order valence-electron chi connectivity index (χ1n) is 7.35. The highest BCUT2D eigenvalue weighted by Crippen LogP contribution is 2.23. The van der Waals surface area contributed by atoms with E-state index in [4.69, 9.17) is 16.3 Å². The molecule has 0 atom stereocenters. The molecule has 0 spiro atoms. The van der Waals surface area contributed by atoms with Crippen LogP contribution in [0.25, 0.3) is 0 Å². The molecule has 25 heavy (non-hydrogen) atoms. The summed E-state index contributed by atoms with van der Waals surface area (Å²) in [5.74, 6) is -1.19. The molecule has 1 aromatic carbocycles. The van der Waals surface area contributed by atoms with Gasteiger partial charge in [0.05, 0.1) is 15.6 Å². The van der Waals surface area contributed by atoms with Crippen LogP contribution in [0.2, 0.25) is 4.34 Å². The number of hydrogen-bond acceptors (Lipinski definition) is 5. The molecule has 0 radical (unpaired) electrons. The standard InChI is InChI=1S/C17H15ClINO4S/c1-10-8-11(19)2-3-12(10)20-16(22)9-24-17(23)7-4-13(21)14-5-6-15(18)25-14/h2-3,5-6,8H,4,7,9H2,1H3,(H,20,22). The van der Waals surface area contributed by atoms with Crippen molar-refractivity contribution in [3.05, 3.63) is 48.7 Å². The normalized spacial score (nSPS) is 10.4. The van der Waals surface area contributed by atoms with Crippen molar-refractivity contribution in [3.63, 3.8) is 0 Å². The van der Waals surface area contributed by atoms with Gasteiger partial charge in [-0.2, -0.15) is 0 Å². The number of halogens is 2. The molecule has 2 aromatic rings. The van der Waals surface area contributed by atoms with Gasteiger partial charge in [-0.15, -0.1) is 11.3 Å². The predicted octanol–water partition coefficient (Wildman–Crippen LogP) is 4.46. The van der Waals surface area contributed by atoms with E-state index in [-0.39, 0.29) is 25.2 Å². The number of thiophene rings is 1. The van der Waals surface area contributed by atoms with E-state index in [1.54, 1.807) is 18.2 Å². The molecule has 0 saturated carbocycles. The Morgan fingerprint density at radius 2 is 1.96 bits per heavy atom. The van der Waals surface area contributed by atoms with E-state index in [0.29, 0.717) is 14.9 Å². The Kier molecular flexibility index (Phi) is 7.39. The van der Waals surface area contributed by atoms with E-state index in [0.717, 1.165) is 9.13 Å². The van der Waals surface area contributed by atoms with Gasteiger partial charge in [0.25, 0.3) is 5.91 Å². The number of ether oxygens (including phenoxy) is 1. The van der Waals surface area contributed by atoms with Gasteiger partial charge >= 0.3 is 5.97 Å². The molecule has 1 heterocycles. The topological polar surface area (TPSA) is 72.5 Å². The molecular weight excluding hydrogens is 477 g/mol. The Hall–Kier alpha value is -1.45. The van der Waals surface area contributed by atoms with Crippen molar-refractivity contribution in [1.82, 2.24) is 0 Å². The van der Waals surface area contributed by atoms with Crippen molar-refractivity contribution in [1.29, 1.82) is 0 Å². The van der Waals surface area contributed by atoms with E-state index in [1.807, 2.05) is 19.1 Å². The lowest BCUT2D eigenvalue weighted by molar-refractivity contribution is -0.147. The maximum Gasteiger partial charge on any atom is 0.306 e. The number of rotatable bonds is 7. The Morgan fingerprint density at radius 1 is 1.20 bits per heavy atom. The van der Waals surface area contributed by atoms with Crippen LogP contribution in [0.5, 0.6) is 0 Å². The summed E-state index contributed by atoms with van der Waals surface area (Å²) in [6, 6.07) is 8.86. The number of hydrogen-bond donors (Lipinski definition) is 1. The summed E-state index contributed by atoms with van der Waals surface area (Å²) < 4.78 is 6.49. The largest absolute Gasteiger partial charge is 0.456 e. The van der Waals surface area contributed by atoms with Crippen molar-refractivity contribution in [3.8, 4) is 0 Å². The first-order valence-corrected chi connectivity index (χ1v) is 9.62. The SMILES string of the molecule is Cc1cc(I)ccc1NC(=O)COC(=O)CCC(=O)c1ccc(Cl)s1. The van der Waals surface area contributed by atoms with Crippen LogP contribution in [0.15, 0.2) is 30.3 Å². The second-order valence-electron chi connectivity index (χ2n) is 5.20. The van der Waals surface area contributed by atoms with Gasteiger partial charge in [-0.05, 0) is 65.4 Å². The first kappa shape index (κ1) is 19.9. The van der Waals surface area contributed by atoms with Crippen molar-refractivity contribution < 1.29 is 19.1 Å². The van der Waals surface area contributed by atoms with E-state index in [1.165, 1.54) is 11.3 Å². The van der Waals surface area contributed by atoms with Gasteiger partial charge in [0.1, 0.15) is 0 Å². The van der Waals surface area contributed by atoms with Gasteiger partial charge in [-0.1, -0.05) is 11.6 Å². The van der Waals surface area contributed by atoms with Gasteiger partial charge in [-0.25, -0.2) is 0 Å². The maximum absolute atomic E-state index is 11.9. The number of ketones is 1. The molecule has 0 aliphatic heterocycles. The molecule has 1 N–H and O–H groups in total. The number of anilines is 1. The van der Waals surface area contributed by atoms with E-state index < -0.39 is 11.9 Å². The summed E-state index contributed by atoms with van der Waals surface area (Å²) in [7, 11) is 0. The van der Waals surface area contributed by atoms with E-state index in [9.17, 15) is 14.4 Å². The molecule has 1 aromatic heterocycles. The summed E-state index contributed by atoms with van der Waals surface area (Å²) >= 11 is 9.12. The third-order valence-corrected chi connectivity index (χ3v) is 5.17. The molecule has 0 fully saturated rings. The molecule has 8 heteroatoms. The van der Waals surface area contributed by atoms with Crippen LogP contribution < -0.4 is 5.32 Å². The molecule has 1 amide bonds. The molecule has 0 saturated heterocycles. The molecule has 5 nitrogen and oxygen atoms in total. The van der Waals surface area contributed by atoms with Crippen LogP contribution in [-0.2, 0) is 14.3 Å². The quantitative estimate of drug-likeness (QED) is 0.353. The lowest BCUT2D eigenvalue weighted by Crippen LogP contribution is -2.21. The number of aryl methyl sites for hydroxylation is 1. The Labute approximate surface area is 167 Å². The highest BCUT2D eigenvalue weighted by molar-refractivity contribution is 14.1. The minimum absolute atomic E-state index is 0.0214. The Bertz CT molecular complexity index is 806. The summed E-state index contributed by atoms with van der Waals surface area (Å²) in [6.07, 6.45) is -0.0578. The van der Waals surface area contributed by atoms with E-state index >= 15 is 0 Å². The first-order chi connectivity index (χ1) is 11.8. The molecule has 0 bridgehead atoms. The van der Waals surface area contributed by atoms with Crippen LogP contribution in [0, 0.1) is 10.5 Å². The number of nitrogens with one attached hydrogen (secondary N) is 1. The second-order valence-corrected chi connectivity index (χ2v) is 8.16. The van der Waals surface area contributed by atoms with Gasteiger partial charge in [0.15, 0.2) is 12.4 Å². The van der Waals surface area contributed by atoms with Crippen LogP contribution >= 0.6 is 45.5 Å². The average molecular weight is 492 g/mol.